The summed E-state index contributed by atoms with van der Waals surface area (Å²) in [6.07, 6.45) is 0. The first-order valence-corrected chi connectivity index (χ1v) is 14.3. The lowest BCUT2D eigenvalue weighted by Gasteiger charge is -2.22. The first kappa shape index (κ1) is 23.8. The monoisotopic (exact) mass is 526 g/mol. The van der Waals surface area contributed by atoms with Gasteiger partial charge < -0.3 is 10.3 Å². The number of rotatable bonds is 4. The lowest BCUT2D eigenvalue weighted by Crippen LogP contribution is -2.15. The standard InChI is InChI=1S/C39H30N2/c1-39(2)35-9-5-3-7-31(35)32-21-20-30(24-36(32)39)40-29-18-15-26(16-19-29)25-11-13-27(14-12-25)28-17-22-38-34(23-28)33-8-4-6-10-37(33)41-38/h3-24,40-41H,1-2H3. The van der Waals surface area contributed by atoms with E-state index in [1.165, 1.54) is 66.3 Å². The van der Waals surface area contributed by atoms with Crippen LogP contribution in [0.1, 0.15) is 25.0 Å². The molecular formula is C39H30N2. The Bertz CT molecular complexity index is 2080. The van der Waals surface area contributed by atoms with Crippen LogP contribution in [0.3, 0.4) is 0 Å². The zero-order chi connectivity index (χ0) is 27.6. The molecule has 0 aliphatic heterocycles. The van der Waals surface area contributed by atoms with E-state index in [0.29, 0.717) is 0 Å². The topological polar surface area (TPSA) is 27.8 Å². The van der Waals surface area contributed by atoms with E-state index in [9.17, 15) is 0 Å². The van der Waals surface area contributed by atoms with E-state index in [0.717, 1.165) is 11.4 Å². The number of H-pyrrole nitrogens is 1. The predicted molar refractivity (Wildman–Crippen MR) is 174 cm³/mol. The van der Waals surface area contributed by atoms with Crippen molar-refractivity contribution in [3.63, 3.8) is 0 Å². The van der Waals surface area contributed by atoms with Crippen molar-refractivity contribution in [2.24, 2.45) is 0 Å². The number of benzene rings is 6. The summed E-state index contributed by atoms with van der Waals surface area (Å²) in [7, 11) is 0. The van der Waals surface area contributed by atoms with Gasteiger partial charge in [0.2, 0.25) is 0 Å². The lowest BCUT2D eigenvalue weighted by molar-refractivity contribution is 0.660. The zero-order valence-corrected chi connectivity index (χ0v) is 23.2. The molecule has 1 aliphatic carbocycles. The molecule has 0 saturated carbocycles. The fourth-order valence-corrected chi connectivity index (χ4v) is 6.58. The van der Waals surface area contributed by atoms with Crippen LogP contribution in [-0.2, 0) is 5.41 Å². The Morgan fingerprint density at radius 3 is 1.85 bits per heavy atom. The van der Waals surface area contributed by atoms with Gasteiger partial charge in [0, 0.05) is 38.6 Å². The molecule has 0 bridgehead atoms. The van der Waals surface area contributed by atoms with E-state index in [1.54, 1.807) is 0 Å². The molecule has 0 amide bonds. The average Bonchev–Trinajstić information content (AvgIpc) is 3.50. The zero-order valence-electron chi connectivity index (χ0n) is 23.2. The maximum absolute atomic E-state index is 3.63. The molecule has 0 atom stereocenters. The highest BCUT2D eigenvalue weighted by atomic mass is 14.9. The molecule has 0 unspecified atom stereocenters. The van der Waals surface area contributed by atoms with Crippen LogP contribution in [-0.4, -0.2) is 4.98 Å². The van der Waals surface area contributed by atoms with E-state index >= 15 is 0 Å². The highest BCUT2D eigenvalue weighted by molar-refractivity contribution is 6.08. The first-order valence-electron chi connectivity index (χ1n) is 14.3. The Kier molecular flexibility index (Phi) is 5.20. The third kappa shape index (κ3) is 3.87. The maximum atomic E-state index is 3.63. The van der Waals surface area contributed by atoms with Gasteiger partial charge in [-0.05, 0) is 87.0 Å². The van der Waals surface area contributed by atoms with Gasteiger partial charge in [0.1, 0.15) is 0 Å². The molecule has 2 N–H and O–H groups in total. The molecule has 7 aromatic rings. The summed E-state index contributed by atoms with van der Waals surface area (Å²) < 4.78 is 0. The second-order valence-electron chi connectivity index (χ2n) is 11.6. The summed E-state index contributed by atoms with van der Waals surface area (Å²) in [5, 5.41) is 6.16. The van der Waals surface area contributed by atoms with Gasteiger partial charge in [-0.2, -0.15) is 0 Å². The minimum absolute atomic E-state index is 0.000805. The van der Waals surface area contributed by atoms with Gasteiger partial charge in [-0.15, -0.1) is 0 Å². The molecule has 2 nitrogen and oxygen atoms in total. The molecule has 0 saturated heterocycles. The molecule has 0 fully saturated rings. The third-order valence-electron chi connectivity index (χ3n) is 8.81. The molecular weight excluding hydrogens is 496 g/mol. The van der Waals surface area contributed by atoms with Crippen molar-refractivity contribution < 1.29 is 0 Å². The fraction of sp³-hybridized carbons (Fsp3) is 0.0769. The van der Waals surface area contributed by atoms with Crippen LogP contribution in [0.15, 0.2) is 133 Å². The van der Waals surface area contributed by atoms with Gasteiger partial charge in [0.05, 0.1) is 0 Å². The number of para-hydroxylation sites is 1. The quantitative estimate of drug-likeness (QED) is 0.234. The summed E-state index contributed by atoms with van der Waals surface area (Å²) in [5.74, 6) is 0. The number of nitrogens with one attached hydrogen (secondary N) is 2. The first-order chi connectivity index (χ1) is 20.0. The van der Waals surface area contributed by atoms with Crippen LogP contribution in [0.4, 0.5) is 11.4 Å². The second-order valence-corrected chi connectivity index (χ2v) is 11.6. The highest BCUT2D eigenvalue weighted by Crippen LogP contribution is 2.49. The van der Waals surface area contributed by atoms with E-state index in [4.69, 9.17) is 0 Å². The van der Waals surface area contributed by atoms with E-state index in [-0.39, 0.29) is 5.41 Å². The fourth-order valence-electron chi connectivity index (χ4n) is 6.58. The van der Waals surface area contributed by atoms with Gasteiger partial charge in [0.25, 0.3) is 0 Å². The second kappa shape index (κ2) is 8.97. The number of aromatic amines is 1. The van der Waals surface area contributed by atoms with Gasteiger partial charge in [0.15, 0.2) is 0 Å². The maximum Gasteiger partial charge on any atom is 0.0465 e. The van der Waals surface area contributed by atoms with Gasteiger partial charge in [-0.25, -0.2) is 0 Å². The predicted octanol–water partition coefficient (Wildman–Crippen LogP) is 10.7. The molecule has 8 rings (SSSR count). The smallest absolute Gasteiger partial charge is 0.0465 e. The highest BCUT2D eigenvalue weighted by Gasteiger charge is 2.35. The van der Waals surface area contributed by atoms with Gasteiger partial charge in [-0.1, -0.05) is 105 Å². The van der Waals surface area contributed by atoms with Crippen LogP contribution in [0.2, 0.25) is 0 Å². The number of anilines is 2. The summed E-state index contributed by atoms with van der Waals surface area (Å²) >= 11 is 0. The van der Waals surface area contributed by atoms with Crippen molar-refractivity contribution in [3.8, 4) is 33.4 Å². The molecule has 1 aromatic heterocycles. The Balaban J connectivity index is 1.02. The third-order valence-corrected chi connectivity index (χ3v) is 8.81. The Hall–Kier alpha value is -5.08. The largest absolute Gasteiger partial charge is 0.356 e. The molecule has 1 aliphatic rings. The van der Waals surface area contributed by atoms with Crippen LogP contribution in [0, 0.1) is 0 Å². The lowest BCUT2D eigenvalue weighted by atomic mass is 9.82. The molecule has 2 heteroatoms. The molecule has 0 radical (unpaired) electrons. The van der Waals surface area contributed by atoms with Crippen LogP contribution in [0.25, 0.3) is 55.2 Å². The van der Waals surface area contributed by atoms with Crippen LogP contribution in [0.5, 0.6) is 0 Å². The van der Waals surface area contributed by atoms with Crippen molar-refractivity contribution in [1.82, 2.24) is 4.98 Å². The number of aromatic nitrogens is 1. The summed E-state index contributed by atoms with van der Waals surface area (Å²) in [4.78, 5) is 3.52. The SMILES string of the molecule is CC1(C)c2ccccc2-c2ccc(Nc3ccc(-c4ccc(-c5ccc6[nH]c7ccccc7c6c5)cc4)cc3)cc21. The normalized spacial score (nSPS) is 13.3. The molecule has 41 heavy (non-hydrogen) atoms. The molecule has 196 valence electrons. The van der Waals surface area contributed by atoms with E-state index in [1.807, 2.05) is 0 Å². The minimum atomic E-state index is 0.000805. The van der Waals surface area contributed by atoms with E-state index < -0.39 is 0 Å². The molecule has 6 aromatic carbocycles. The Morgan fingerprint density at radius 2 is 1.05 bits per heavy atom. The van der Waals surface area contributed by atoms with Crippen LogP contribution < -0.4 is 5.32 Å². The number of fused-ring (bicyclic) bond motifs is 6. The van der Waals surface area contributed by atoms with Crippen molar-refractivity contribution >= 4 is 33.2 Å². The summed E-state index contributed by atoms with van der Waals surface area (Å²) in [5.41, 5.74) is 14.9. The number of hydrogen-bond donors (Lipinski definition) is 2. The minimum Gasteiger partial charge on any atom is -0.356 e. The van der Waals surface area contributed by atoms with Crippen molar-refractivity contribution in [3.05, 3.63) is 145 Å². The van der Waals surface area contributed by atoms with Gasteiger partial charge in [-0.3, -0.25) is 0 Å². The number of hydrogen-bond acceptors (Lipinski definition) is 1. The van der Waals surface area contributed by atoms with Gasteiger partial charge >= 0.3 is 0 Å². The van der Waals surface area contributed by atoms with E-state index in [2.05, 4.69) is 158 Å². The average molecular weight is 527 g/mol. The van der Waals surface area contributed by atoms with Crippen LogP contribution >= 0.6 is 0 Å². The Labute approximate surface area is 240 Å². The Morgan fingerprint density at radius 1 is 0.463 bits per heavy atom. The molecule has 1 heterocycles. The summed E-state index contributed by atoms with van der Waals surface area (Å²) in [6.45, 7) is 4.64. The molecule has 0 spiro atoms. The van der Waals surface area contributed by atoms with Crippen molar-refractivity contribution in [2.75, 3.05) is 5.32 Å². The van der Waals surface area contributed by atoms with Crippen molar-refractivity contribution in [2.45, 2.75) is 19.3 Å². The summed E-state index contributed by atoms with van der Waals surface area (Å²) in [6, 6.07) is 48.3. The van der Waals surface area contributed by atoms with Crippen molar-refractivity contribution in [1.29, 1.82) is 0 Å².